The molecule has 0 radical (unpaired) electrons. The molecule has 0 aliphatic rings. The second-order valence-electron chi connectivity index (χ2n) is 7.53. The van der Waals surface area contributed by atoms with Gasteiger partial charge in [-0.15, -0.1) is 11.3 Å². The summed E-state index contributed by atoms with van der Waals surface area (Å²) in [7, 11) is -2.65. The fourth-order valence-corrected chi connectivity index (χ4v) is 5.29. The van der Waals surface area contributed by atoms with Gasteiger partial charge < -0.3 is 20.5 Å². The number of aliphatic hydroxyl groups is 1. The largest absolute Gasteiger partial charge is 0.453 e. The van der Waals surface area contributed by atoms with Crippen molar-refractivity contribution in [3.63, 3.8) is 0 Å². The lowest BCUT2D eigenvalue weighted by Gasteiger charge is -2.19. The predicted octanol–water partition coefficient (Wildman–Crippen LogP) is 2.25. The smallest absolute Gasteiger partial charge is 0.407 e. The number of carbonyl (C=O) groups excluding carboxylic acids is 2. The summed E-state index contributed by atoms with van der Waals surface area (Å²) in [6.45, 7) is 1.13. The zero-order valence-corrected chi connectivity index (χ0v) is 20.3. The van der Waals surface area contributed by atoms with E-state index in [1.807, 2.05) is 0 Å². The van der Waals surface area contributed by atoms with E-state index in [4.69, 9.17) is 0 Å². The van der Waals surface area contributed by atoms with Crippen LogP contribution in [0.2, 0.25) is 0 Å². The molecule has 12 heteroatoms. The number of aryl methyl sites for hydroxylation is 1. The van der Waals surface area contributed by atoms with E-state index in [1.165, 1.54) is 31.4 Å². The summed E-state index contributed by atoms with van der Waals surface area (Å²) in [5, 5.41) is 14.9. The van der Waals surface area contributed by atoms with Crippen LogP contribution in [0.3, 0.4) is 0 Å². The van der Waals surface area contributed by atoms with Crippen LogP contribution in [0.1, 0.15) is 18.9 Å². The van der Waals surface area contributed by atoms with E-state index < -0.39 is 40.7 Å². The summed E-state index contributed by atoms with van der Waals surface area (Å²) in [4.78, 5) is 28.0. The monoisotopic (exact) mass is 506 g/mol. The number of rotatable bonds is 10. The van der Waals surface area contributed by atoms with E-state index in [0.717, 1.165) is 15.8 Å². The summed E-state index contributed by atoms with van der Waals surface area (Å²) < 4.78 is 33.5. The number of anilines is 1. The van der Waals surface area contributed by atoms with Gasteiger partial charge >= 0.3 is 6.09 Å². The molecule has 0 saturated heterocycles. The number of hydrogen-bond acceptors (Lipinski definition) is 8. The maximum atomic E-state index is 12.8. The van der Waals surface area contributed by atoms with Crippen molar-refractivity contribution in [3.05, 3.63) is 53.5 Å². The molecule has 1 heterocycles. The zero-order valence-electron chi connectivity index (χ0n) is 18.6. The molecule has 2 unspecified atom stereocenters. The van der Waals surface area contributed by atoms with Crippen molar-refractivity contribution in [1.82, 2.24) is 15.0 Å². The molecule has 2 amide bonds. The number of amides is 2. The molecule has 10 nitrogen and oxygen atoms in total. The van der Waals surface area contributed by atoms with Crippen LogP contribution < -0.4 is 15.4 Å². The lowest BCUT2D eigenvalue weighted by Crippen LogP contribution is -2.41. The van der Waals surface area contributed by atoms with E-state index in [9.17, 15) is 23.1 Å². The van der Waals surface area contributed by atoms with Crippen LogP contribution in [-0.2, 0) is 26.0 Å². The molecule has 182 valence electrons. The fourth-order valence-electron chi connectivity index (χ4n) is 3.21. The first-order valence-corrected chi connectivity index (χ1v) is 12.8. The van der Waals surface area contributed by atoms with E-state index >= 15 is 0 Å². The molecule has 4 N–H and O–H groups in total. The van der Waals surface area contributed by atoms with Crippen molar-refractivity contribution in [2.75, 3.05) is 19.0 Å². The van der Waals surface area contributed by atoms with Gasteiger partial charge in [0.05, 0.1) is 34.3 Å². The quantitative estimate of drug-likeness (QED) is 0.330. The Hall–Kier alpha value is -3.06. The Labute approximate surface area is 201 Å². The van der Waals surface area contributed by atoms with E-state index in [0.29, 0.717) is 18.5 Å². The van der Waals surface area contributed by atoms with Gasteiger partial charge in [0.15, 0.2) is 0 Å². The van der Waals surface area contributed by atoms with Gasteiger partial charge in [0, 0.05) is 11.7 Å². The van der Waals surface area contributed by atoms with Gasteiger partial charge in [-0.1, -0.05) is 18.2 Å². The summed E-state index contributed by atoms with van der Waals surface area (Å²) in [6.07, 6.45) is -0.0401. The Bertz CT molecular complexity index is 1260. The Morgan fingerprint density at radius 1 is 1.21 bits per heavy atom. The van der Waals surface area contributed by atoms with E-state index in [2.05, 4.69) is 25.1 Å². The number of methoxy groups -OCH3 is 1. The van der Waals surface area contributed by atoms with Gasteiger partial charge in [0.25, 0.3) is 0 Å². The second kappa shape index (κ2) is 11.4. The summed E-state index contributed by atoms with van der Waals surface area (Å²) >= 11 is 1.35. The lowest BCUT2D eigenvalue weighted by molar-refractivity contribution is -0.117. The van der Waals surface area contributed by atoms with E-state index in [-0.39, 0.29) is 4.90 Å². The third-order valence-electron chi connectivity index (χ3n) is 5.11. The van der Waals surface area contributed by atoms with Crippen LogP contribution in [0.5, 0.6) is 0 Å². The lowest BCUT2D eigenvalue weighted by atomic mass is 10.0. The van der Waals surface area contributed by atoms with Crippen LogP contribution in [0, 0.1) is 0 Å². The molecular weight excluding hydrogens is 480 g/mol. The number of carbonyl (C=O) groups is 2. The molecule has 0 saturated carbocycles. The van der Waals surface area contributed by atoms with Crippen molar-refractivity contribution < 1.29 is 27.9 Å². The Morgan fingerprint density at radius 3 is 2.71 bits per heavy atom. The summed E-state index contributed by atoms with van der Waals surface area (Å²) in [5.74, 6) is -0.435. The van der Waals surface area contributed by atoms with Gasteiger partial charge in [-0.3, -0.25) is 4.79 Å². The molecule has 3 aromatic rings. The standard InChI is InChI=1S/C22H26N4O6S2/c1-14(24-22(29)32-2)21(28)25-18-6-4-3-5-15(18)7-8-16(12-27)26-34(30,31)17-9-10-19-20(11-17)33-13-23-19/h3-6,9-11,13-14,16,26-27H,7-8,12H2,1-2H3,(H,24,29)(H,25,28). The van der Waals surface area contributed by atoms with Gasteiger partial charge in [-0.05, 0) is 49.6 Å². The Balaban J connectivity index is 1.65. The zero-order chi connectivity index (χ0) is 24.7. The summed E-state index contributed by atoms with van der Waals surface area (Å²) in [5.41, 5.74) is 3.65. The number of nitrogens with zero attached hydrogens (tertiary/aromatic N) is 1. The number of nitrogens with one attached hydrogen (secondary N) is 3. The molecule has 2 atom stereocenters. The molecule has 0 aliphatic carbocycles. The Kier molecular flexibility index (Phi) is 8.56. The number of para-hydroxylation sites is 1. The molecular formula is C22H26N4O6S2. The first-order valence-electron chi connectivity index (χ1n) is 10.4. The van der Waals surface area contributed by atoms with Gasteiger partial charge in [0.1, 0.15) is 6.04 Å². The topological polar surface area (TPSA) is 147 Å². The number of aliphatic hydroxyl groups excluding tert-OH is 1. The molecule has 0 fully saturated rings. The van der Waals surface area contributed by atoms with Gasteiger partial charge in [0.2, 0.25) is 15.9 Å². The second-order valence-corrected chi connectivity index (χ2v) is 10.1. The third-order valence-corrected chi connectivity index (χ3v) is 7.42. The number of fused-ring (bicyclic) bond motifs is 1. The highest BCUT2D eigenvalue weighted by Gasteiger charge is 2.21. The van der Waals surface area contributed by atoms with Crippen LogP contribution >= 0.6 is 11.3 Å². The molecule has 0 bridgehead atoms. The average molecular weight is 507 g/mol. The molecule has 1 aromatic heterocycles. The first kappa shape index (κ1) is 25.6. The van der Waals surface area contributed by atoms with Crippen molar-refractivity contribution in [3.8, 4) is 0 Å². The number of benzene rings is 2. The predicted molar refractivity (Wildman–Crippen MR) is 129 cm³/mol. The van der Waals surface area contributed by atoms with Crippen molar-refractivity contribution >= 4 is 49.3 Å². The molecule has 34 heavy (non-hydrogen) atoms. The number of alkyl carbamates (subject to hydrolysis) is 1. The molecule has 3 rings (SSSR count). The summed E-state index contributed by atoms with van der Waals surface area (Å²) in [6, 6.07) is 10.2. The number of sulfonamides is 1. The number of hydrogen-bond donors (Lipinski definition) is 4. The SMILES string of the molecule is COC(=O)NC(C)C(=O)Nc1ccccc1CCC(CO)NS(=O)(=O)c1ccc2ncsc2c1. The van der Waals surface area contributed by atoms with Crippen LogP contribution in [0.15, 0.2) is 52.9 Å². The highest BCUT2D eigenvalue weighted by molar-refractivity contribution is 7.89. The third kappa shape index (κ3) is 6.50. The molecule has 0 aliphatic heterocycles. The highest BCUT2D eigenvalue weighted by atomic mass is 32.2. The fraction of sp³-hybridized carbons (Fsp3) is 0.318. The number of thiazole rings is 1. The van der Waals surface area contributed by atoms with Crippen molar-refractivity contribution in [2.45, 2.75) is 36.7 Å². The average Bonchev–Trinajstić information content (AvgIpc) is 3.30. The van der Waals surface area contributed by atoms with Gasteiger partial charge in [-0.2, -0.15) is 0 Å². The van der Waals surface area contributed by atoms with Crippen molar-refractivity contribution in [1.29, 1.82) is 0 Å². The molecule has 2 aromatic carbocycles. The van der Waals surface area contributed by atoms with Crippen LogP contribution in [-0.4, -0.2) is 56.3 Å². The minimum atomic E-state index is -3.85. The number of ether oxygens (including phenoxy) is 1. The molecule has 0 spiro atoms. The minimum absolute atomic E-state index is 0.0995. The van der Waals surface area contributed by atoms with Gasteiger partial charge in [-0.25, -0.2) is 22.9 Å². The number of aromatic nitrogens is 1. The van der Waals surface area contributed by atoms with Crippen LogP contribution in [0.25, 0.3) is 10.2 Å². The minimum Gasteiger partial charge on any atom is -0.453 e. The highest BCUT2D eigenvalue weighted by Crippen LogP contribution is 2.23. The van der Waals surface area contributed by atoms with Crippen molar-refractivity contribution in [2.24, 2.45) is 0 Å². The van der Waals surface area contributed by atoms with E-state index in [1.54, 1.807) is 41.9 Å². The Morgan fingerprint density at radius 2 is 1.97 bits per heavy atom. The maximum absolute atomic E-state index is 12.8. The van der Waals surface area contributed by atoms with Crippen LogP contribution in [0.4, 0.5) is 10.5 Å². The maximum Gasteiger partial charge on any atom is 0.407 e. The first-order chi connectivity index (χ1) is 16.2. The normalized spacial score (nSPS) is 13.3.